The van der Waals surface area contributed by atoms with Crippen molar-refractivity contribution in [1.29, 1.82) is 0 Å². The Labute approximate surface area is 153 Å². The van der Waals surface area contributed by atoms with Crippen LogP contribution < -0.4 is 10.6 Å². The maximum atomic E-state index is 12.5. The first-order valence-corrected chi connectivity index (χ1v) is 8.55. The molecule has 0 aromatic heterocycles. The maximum absolute atomic E-state index is 12.5. The highest BCUT2D eigenvalue weighted by atomic mass is 32.2. The molecule has 8 heteroatoms. The predicted octanol–water partition coefficient (Wildman–Crippen LogP) is 4.78. The molecule has 0 bridgehead atoms. The molecule has 2 amide bonds. The lowest BCUT2D eigenvalue weighted by Crippen LogP contribution is -2.22. The summed E-state index contributed by atoms with van der Waals surface area (Å²) in [5, 5.41) is 4.79. The van der Waals surface area contributed by atoms with E-state index in [9.17, 15) is 22.8 Å². The van der Waals surface area contributed by atoms with Crippen molar-refractivity contribution in [2.45, 2.75) is 30.2 Å². The van der Waals surface area contributed by atoms with E-state index >= 15 is 0 Å². The zero-order chi connectivity index (χ0) is 19.3. The van der Waals surface area contributed by atoms with Gasteiger partial charge >= 0.3 is 6.18 Å². The van der Waals surface area contributed by atoms with Crippen LogP contribution in [0.5, 0.6) is 0 Å². The number of rotatable bonds is 5. The van der Waals surface area contributed by atoms with E-state index in [1.54, 1.807) is 31.2 Å². The van der Waals surface area contributed by atoms with Crippen molar-refractivity contribution < 1.29 is 22.8 Å². The third-order valence-electron chi connectivity index (χ3n) is 3.34. The second kappa shape index (κ2) is 8.27. The molecule has 0 saturated carbocycles. The van der Waals surface area contributed by atoms with Crippen molar-refractivity contribution in [1.82, 2.24) is 0 Å². The minimum atomic E-state index is -4.41. The van der Waals surface area contributed by atoms with Crippen molar-refractivity contribution in [3.63, 3.8) is 0 Å². The molecule has 0 fully saturated rings. The topological polar surface area (TPSA) is 58.2 Å². The van der Waals surface area contributed by atoms with Gasteiger partial charge in [0.25, 0.3) is 0 Å². The minimum absolute atomic E-state index is 0.172. The SMILES string of the molecule is CC(=O)Nc1ccc(S[C@@H](C)C(=O)Nc2ccc(C(F)(F)F)cc2)cc1. The lowest BCUT2D eigenvalue weighted by Gasteiger charge is -2.13. The van der Waals surface area contributed by atoms with Crippen molar-refractivity contribution in [2.24, 2.45) is 0 Å². The van der Waals surface area contributed by atoms with Gasteiger partial charge in [0.2, 0.25) is 11.8 Å². The Morgan fingerprint density at radius 1 is 0.923 bits per heavy atom. The lowest BCUT2D eigenvalue weighted by atomic mass is 10.2. The van der Waals surface area contributed by atoms with Crippen molar-refractivity contribution in [2.75, 3.05) is 10.6 Å². The van der Waals surface area contributed by atoms with Gasteiger partial charge in [-0.1, -0.05) is 0 Å². The monoisotopic (exact) mass is 382 g/mol. The molecule has 0 aliphatic rings. The van der Waals surface area contributed by atoms with Crippen LogP contribution >= 0.6 is 11.8 Å². The van der Waals surface area contributed by atoms with Crippen LogP contribution in [0.25, 0.3) is 0 Å². The van der Waals surface area contributed by atoms with Gasteiger partial charge in [-0.05, 0) is 55.5 Å². The number of alkyl halides is 3. The van der Waals surface area contributed by atoms with E-state index in [2.05, 4.69) is 10.6 Å². The van der Waals surface area contributed by atoms with Crippen LogP contribution in [-0.2, 0) is 15.8 Å². The van der Waals surface area contributed by atoms with Gasteiger partial charge in [0, 0.05) is 23.2 Å². The Balaban J connectivity index is 1.94. The number of halogens is 3. The molecule has 2 rings (SSSR count). The summed E-state index contributed by atoms with van der Waals surface area (Å²) in [7, 11) is 0. The van der Waals surface area contributed by atoms with Crippen LogP contribution in [-0.4, -0.2) is 17.1 Å². The Hall–Kier alpha value is -2.48. The minimum Gasteiger partial charge on any atom is -0.326 e. The quantitative estimate of drug-likeness (QED) is 0.732. The summed E-state index contributed by atoms with van der Waals surface area (Å²) in [6.45, 7) is 3.11. The van der Waals surface area contributed by atoms with E-state index < -0.39 is 17.0 Å². The highest BCUT2D eigenvalue weighted by molar-refractivity contribution is 8.00. The fourth-order valence-corrected chi connectivity index (χ4v) is 2.93. The third-order valence-corrected chi connectivity index (χ3v) is 4.45. The number of anilines is 2. The van der Waals surface area contributed by atoms with Crippen LogP contribution in [0.15, 0.2) is 53.4 Å². The van der Waals surface area contributed by atoms with Gasteiger partial charge in [-0.15, -0.1) is 11.8 Å². The van der Waals surface area contributed by atoms with Crippen LogP contribution in [0.2, 0.25) is 0 Å². The average Bonchev–Trinajstić information content (AvgIpc) is 2.55. The van der Waals surface area contributed by atoms with Gasteiger partial charge in [0.1, 0.15) is 0 Å². The Kier molecular flexibility index (Phi) is 6.31. The predicted molar refractivity (Wildman–Crippen MR) is 96.1 cm³/mol. The maximum Gasteiger partial charge on any atom is 0.416 e. The number of amides is 2. The zero-order valence-corrected chi connectivity index (χ0v) is 14.9. The molecular formula is C18H17F3N2O2S. The van der Waals surface area contributed by atoms with Crippen LogP contribution in [0, 0.1) is 0 Å². The van der Waals surface area contributed by atoms with E-state index in [0.717, 1.165) is 17.0 Å². The molecule has 0 radical (unpaired) electrons. The molecular weight excluding hydrogens is 365 g/mol. The molecule has 4 nitrogen and oxygen atoms in total. The molecule has 0 aliphatic carbocycles. The van der Waals surface area contributed by atoms with Gasteiger partial charge in [-0.2, -0.15) is 13.2 Å². The molecule has 26 heavy (non-hydrogen) atoms. The Morgan fingerprint density at radius 3 is 1.92 bits per heavy atom. The molecule has 0 saturated heterocycles. The van der Waals surface area contributed by atoms with Gasteiger partial charge in [0.15, 0.2) is 0 Å². The van der Waals surface area contributed by atoms with Gasteiger partial charge in [-0.3, -0.25) is 9.59 Å². The number of carbonyl (C=O) groups is 2. The smallest absolute Gasteiger partial charge is 0.326 e. The summed E-state index contributed by atoms with van der Waals surface area (Å²) >= 11 is 1.30. The van der Waals surface area contributed by atoms with Gasteiger partial charge in [-0.25, -0.2) is 0 Å². The zero-order valence-electron chi connectivity index (χ0n) is 14.1. The summed E-state index contributed by atoms with van der Waals surface area (Å²) in [5.74, 6) is -0.490. The number of hydrogen-bond donors (Lipinski definition) is 2. The lowest BCUT2D eigenvalue weighted by molar-refractivity contribution is -0.137. The number of thioether (sulfide) groups is 1. The van der Waals surface area contributed by atoms with E-state index in [4.69, 9.17) is 0 Å². The molecule has 0 unspecified atom stereocenters. The Bertz CT molecular complexity index is 775. The van der Waals surface area contributed by atoms with Gasteiger partial charge < -0.3 is 10.6 Å². The van der Waals surface area contributed by atoms with E-state index in [0.29, 0.717) is 11.4 Å². The first-order chi connectivity index (χ1) is 12.1. The summed E-state index contributed by atoms with van der Waals surface area (Å²) in [6, 6.07) is 11.3. The highest BCUT2D eigenvalue weighted by Gasteiger charge is 2.30. The fraction of sp³-hybridized carbons (Fsp3) is 0.222. The number of benzene rings is 2. The highest BCUT2D eigenvalue weighted by Crippen LogP contribution is 2.30. The number of carbonyl (C=O) groups excluding carboxylic acids is 2. The van der Waals surface area contributed by atoms with Crippen LogP contribution in [0.1, 0.15) is 19.4 Å². The van der Waals surface area contributed by atoms with E-state index in [-0.39, 0.29) is 11.8 Å². The molecule has 0 spiro atoms. The molecule has 2 aromatic rings. The Morgan fingerprint density at radius 2 is 1.42 bits per heavy atom. The first-order valence-electron chi connectivity index (χ1n) is 7.67. The summed E-state index contributed by atoms with van der Waals surface area (Å²) in [6.07, 6.45) is -4.41. The van der Waals surface area contributed by atoms with Crippen molar-refractivity contribution in [3.8, 4) is 0 Å². The van der Waals surface area contributed by atoms with E-state index in [1.807, 2.05) is 0 Å². The summed E-state index contributed by atoms with van der Waals surface area (Å²) < 4.78 is 37.6. The second-order valence-electron chi connectivity index (χ2n) is 5.53. The standard InChI is InChI=1S/C18H17F3N2O2S/c1-11(26-16-9-7-14(8-10-16)22-12(2)24)17(25)23-15-5-3-13(4-6-15)18(19,20)21/h3-11H,1-2H3,(H,22,24)(H,23,25)/t11-/m0/s1. The van der Waals surface area contributed by atoms with Crippen LogP contribution in [0.3, 0.4) is 0 Å². The molecule has 0 aliphatic heterocycles. The fourth-order valence-electron chi connectivity index (χ4n) is 2.06. The van der Waals surface area contributed by atoms with Crippen LogP contribution in [0.4, 0.5) is 24.5 Å². The third kappa shape index (κ3) is 5.80. The average molecular weight is 382 g/mol. The van der Waals surface area contributed by atoms with E-state index in [1.165, 1.54) is 30.8 Å². The normalized spacial score (nSPS) is 12.3. The molecule has 138 valence electrons. The largest absolute Gasteiger partial charge is 0.416 e. The molecule has 0 heterocycles. The van der Waals surface area contributed by atoms with Gasteiger partial charge in [0.05, 0.1) is 10.8 Å². The summed E-state index contributed by atoms with van der Waals surface area (Å²) in [4.78, 5) is 24.0. The number of hydrogen-bond acceptors (Lipinski definition) is 3. The molecule has 2 N–H and O–H groups in total. The second-order valence-corrected chi connectivity index (χ2v) is 6.94. The van der Waals surface area contributed by atoms with Crippen molar-refractivity contribution >= 4 is 35.0 Å². The summed E-state index contributed by atoms with van der Waals surface area (Å²) in [5.41, 5.74) is 0.192. The number of nitrogens with one attached hydrogen (secondary N) is 2. The molecule has 1 atom stereocenters. The first kappa shape index (κ1) is 19.8. The van der Waals surface area contributed by atoms with Crippen molar-refractivity contribution in [3.05, 3.63) is 54.1 Å². The molecule has 2 aromatic carbocycles.